The molecule has 1 aliphatic carbocycles. The number of hydrogen-bond donors (Lipinski definition) is 0. The van der Waals surface area contributed by atoms with Crippen LogP contribution in [0.15, 0.2) is 64.4 Å². The molecule has 5 nitrogen and oxygen atoms in total. The van der Waals surface area contributed by atoms with E-state index in [1.54, 1.807) is 24.0 Å². The zero-order valence-electron chi connectivity index (χ0n) is 14.7. The van der Waals surface area contributed by atoms with Crippen LogP contribution >= 0.6 is 11.8 Å². The number of furan rings is 1. The van der Waals surface area contributed by atoms with Crippen LogP contribution in [-0.2, 0) is 19.3 Å². The van der Waals surface area contributed by atoms with Crippen molar-refractivity contribution < 1.29 is 9.21 Å². The van der Waals surface area contributed by atoms with Crippen LogP contribution in [0.4, 0.5) is 0 Å². The molecule has 1 aliphatic rings. The molecule has 4 rings (SSSR count). The Balaban J connectivity index is 1.43. The van der Waals surface area contributed by atoms with Crippen molar-refractivity contribution in [2.45, 2.75) is 36.3 Å². The molecule has 134 valence electrons. The van der Waals surface area contributed by atoms with Crippen LogP contribution in [0.5, 0.6) is 0 Å². The van der Waals surface area contributed by atoms with Crippen LogP contribution in [0.2, 0.25) is 0 Å². The molecule has 0 bridgehead atoms. The monoisotopic (exact) mass is 367 g/mol. The van der Waals surface area contributed by atoms with Crippen molar-refractivity contribution in [3.05, 3.63) is 71.9 Å². The summed E-state index contributed by atoms with van der Waals surface area (Å²) in [5.41, 5.74) is 1.14. The molecule has 3 aromatic rings. The Labute approximate surface area is 157 Å². The van der Waals surface area contributed by atoms with Gasteiger partial charge in [-0.05, 0) is 30.5 Å². The number of carbonyl (C=O) groups is 1. The van der Waals surface area contributed by atoms with Crippen LogP contribution in [0.3, 0.4) is 0 Å². The summed E-state index contributed by atoms with van der Waals surface area (Å²) in [6.45, 7) is 0.627. The zero-order chi connectivity index (χ0) is 17.9. The first-order chi connectivity index (χ1) is 12.7. The summed E-state index contributed by atoms with van der Waals surface area (Å²) in [5.74, 6) is 1.84. The Hall–Kier alpha value is -2.47. The van der Waals surface area contributed by atoms with Gasteiger partial charge in [0.2, 0.25) is 0 Å². The molecule has 1 aromatic carbocycles. The van der Waals surface area contributed by atoms with Gasteiger partial charge in [-0.25, -0.2) is 4.98 Å². The minimum absolute atomic E-state index is 0.0235. The van der Waals surface area contributed by atoms with Crippen LogP contribution in [0, 0.1) is 0 Å². The van der Waals surface area contributed by atoms with Crippen LogP contribution < -0.4 is 0 Å². The second-order valence-corrected chi connectivity index (χ2v) is 7.47. The molecule has 0 N–H and O–H groups in total. The van der Waals surface area contributed by atoms with Gasteiger partial charge >= 0.3 is 0 Å². The highest BCUT2D eigenvalue weighted by Gasteiger charge is 2.34. The smallest absolute Gasteiger partial charge is 0.290 e. The van der Waals surface area contributed by atoms with E-state index in [9.17, 15) is 4.79 Å². The minimum Gasteiger partial charge on any atom is -0.455 e. The van der Waals surface area contributed by atoms with Gasteiger partial charge in [-0.15, -0.1) is 0 Å². The number of amides is 1. The second-order valence-electron chi connectivity index (χ2n) is 6.53. The number of carbonyl (C=O) groups excluding carboxylic acids is 1. The van der Waals surface area contributed by atoms with Gasteiger partial charge in [0.1, 0.15) is 5.76 Å². The van der Waals surface area contributed by atoms with Gasteiger partial charge in [-0.3, -0.25) is 4.79 Å². The number of aromatic nitrogens is 2. The molecule has 2 heterocycles. The van der Waals surface area contributed by atoms with E-state index in [0.717, 1.165) is 29.3 Å². The number of aryl methyl sites for hydroxylation is 1. The van der Waals surface area contributed by atoms with Gasteiger partial charge in [-0.2, -0.15) is 0 Å². The largest absolute Gasteiger partial charge is 0.455 e. The highest BCUT2D eigenvalue weighted by atomic mass is 32.2. The summed E-state index contributed by atoms with van der Waals surface area (Å²) in [4.78, 5) is 19.2. The fraction of sp³-hybridized carbons (Fsp3) is 0.300. The Morgan fingerprint density at radius 1 is 1.27 bits per heavy atom. The number of hydrogen-bond acceptors (Lipinski definition) is 4. The molecule has 0 unspecified atom stereocenters. The fourth-order valence-electron chi connectivity index (χ4n) is 2.87. The summed E-state index contributed by atoms with van der Waals surface area (Å²) in [5, 5.41) is 0.929. The van der Waals surface area contributed by atoms with Gasteiger partial charge in [0.15, 0.2) is 10.9 Å². The predicted octanol–water partition coefficient (Wildman–Crippen LogP) is 4.11. The third-order valence-electron chi connectivity index (χ3n) is 4.44. The van der Waals surface area contributed by atoms with E-state index < -0.39 is 0 Å². The van der Waals surface area contributed by atoms with Crippen molar-refractivity contribution in [1.29, 1.82) is 0 Å². The van der Waals surface area contributed by atoms with Gasteiger partial charge in [-0.1, -0.05) is 42.1 Å². The second kappa shape index (κ2) is 7.41. The molecule has 1 amide bonds. The fourth-order valence-corrected chi connectivity index (χ4v) is 3.70. The maximum absolute atomic E-state index is 12.9. The average molecular weight is 367 g/mol. The van der Waals surface area contributed by atoms with Crippen molar-refractivity contribution in [2.24, 2.45) is 7.05 Å². The maximum Gasteiger partial charge on any atom is 0.290 e. The maximum atomic E-state index is 12.9. The predicted molar refractivity (Wildman–Crippen MR) is 101 cm³/mol. The van der Waals surface area contributed by atoms with Crippen molar-refractivity contribution in [2.75, 3.05) is 0 Å². The first-order valence-corrected chi connectivity index (χ1v) is 9.73. The van der Waals surface area contributed by atoms with E-state index in [4.69, 9.17) is 4.42 Å². The lowest BCUT2D eigenvalue weighted by atomic mass is 10.2. The van der Waals surface area contributed by atoms with Crippen molar-refractivity contribution in [3.63, 3.8) is 0 Å². The molecule has 0 saturated heterocycles. The molecule has 26 heavy (non-hydrogen) atoms. The molecular weight excluding hydrogens is 346 g/mol. The molecule has 6 heteroatoms. The van der Waals surface area contributed by atoms with Crippen molar-refractivity contribution >= 4 is 17.7 Å². The van der Waals surface area contributed by atoms with E-state index in [0.29, 0.717) is 24.1 Å². The molecule has 0 spiro atoms. The average Bonchev–Trinajstić information content (AvgIpc) is 3.25. The lowest BCUT2D eigenvalue weighted by Crippen LogP contribution is -2.32. The van der Waals surface area contributed by atoms with Gasteiger partial charge < -0.3 is 13.9 Å². The van der Waals surface area contributed by atoms with Gasteiger partial charge in [0.05, 0.1) is 5.75 Å². The lowest BCUT2D eigenvalue weighted by molar-refractivity contribution is 0.0696. The van der Waals surface area contributed by atoms with Crippen LogP contribution in [0.1, 0.15) is 34.7 Å². The van der Waals surface area contributed by atoms with E-state index in [-0.39, 0.29) is 5.91 Å². The third-order valence-corrected chi connectivity index (χ3v) is 5.52. The van der Waals surface area contributed by atoms with E-state index in [2.05, 4.69) is 17.1 Å². The molecule has 0 radical (unpaired) electrons. The molecule has 1 fully saturated rings. The number of imidazole rings is 1. The molecule has 0 aliphatic heterocycles. The first kappa shape index (κ1) is 17.0. The summed E-state index contributed by atoms with van der Waals surface area (Å²) in [6, 6.07) is 14.1. The molecule has 0 atom stereocenters. The van der Waals surface area contributed by atoms with E-state index >= 15 is 0 Å². The quantitative estimate of drug-likeness (QED) is 0.590. The summed E-state index contributed by atoms with van der Waals surface area (Å²) in [7, 11) is 1.96. The van der Waals surface area contributed by atoms with Gasteiger partial charge in [0, 0.05) is 32.0 Å². The standard InChI is InChI=1S/C20H21N3O2S/c1-22-12-11-21-20(22)26-14-17-9-10-18(25-17)19(24)23(16-7-8-16)13-15-5-3-2-4-6-15/h2-6,9-12,16H,7-8,13-14H2,1H3. The number of nitrogens with zero attached hydrogens (tertiary/aromatic N) is 3. The van der Waals surface area contributed by atoms with E-state index in [1.807, 2.05) is 47.0 Å². The summed E-state index contributed by atoms with van der Waals surface area (Å²) < 4.78 is 7.80. The number of thioether (sulfide) groups is 1. The highest BCUT2D eigenvalue weighted by molar-refractivity contribution is 7.98. The zero-order valence-corrected chi connectivity index (χ0v) is 15.5. The van der Waals surface area contributed by atoms with Gasteiger partial charge in [0.25, 0.3) is 5.91 Å². The summed E-state index contributed by atoms with van der Waals surface area (Å²) in [6.07, 6.45) is 5.83. The van der Waals surface area contributed by atoms with Crippen LogP contribution in [-0.4, -0.2) is 26.4 Å². The Morgan fingerprint density at radius 3 is 2.77 bits per heavy atom. The topological polar surface area (TPSA) is 51.3 Å². The number of benzene rings is 1. The molecule has 2 aromatic heterocycles. The molecule has 1 saturated carbocycles. The van der Waals surface area contributed by atoms with Crippen molar-refractivity contribution in [1.82, 2.24) is 14.5 Å². The number of rotatable bonds is 7. The highest BCUT2D eigenvalue weighted by Crippen LogP contribution is 2.30. The minimum atomic E-state index is -0.0235. The van der Waals surface area contributed by atoms with Crippen molar-refractivity contribution in [3.8, 4) is 0 Å². The van der Waals surface area contributed by atoms with E-state index in [1.165, 1.54) is 0 Å². The summed E-state index contributed by atoms with van der Waals surface area (Å²) >= 11 is 1.59. The molecular formula is C20H21N3O2S. The SMILES string of the molecule is Cn1ccnc1SCc1ccc(C(=O)N(Cc2ccccc2)C2CC2)o1. The lowest BCUT2D eigenvalue weighted by Gasteiger charge is -2.21. The Morgan fingerprint density at radius 2 is 2.08 bits per heavy atom. The normalized spacial score (nSPS) is 13.7. The Bertz CT molecular complexity index is 883. The Kier molecular flexibility index (Phi) is 4.84. The third kappa shape index (κ3) is 3.85. The van der Waals surface area contributed by atoms with Crippen LogP contribution in [0.25, 0.3) is 0 Å². The first-order valence-electron chi connectivity index (χ1n) is 8.74.